The van der Waals surface area contributed by atoms with E-state index in [-0.39, 0.29) is 18.8 Å². The van der Waals surface area contributed by atoms with Gasteiger partial charge in [-0.05, 0) is 30.2 Å². The minimum absolute atomic E-state index is 0.0363. The number of aromatic nitrogens is 1. The number of anilines is 1. The largest absolute Gasteiger partial charge is 0.453 e. The lowest BCUT2D eigenvalue weighted by molar-refractivity contribution is -0.245. The molecule has 0 saturated carbocycles. The van der Waals surface area contributed by atoms with Crippen LogP contribution in [0.1, 0.15) is 49.4 Å². The van der Waals surface area contributed by atoms with Crippen LogP contribution in [-0.2, 0) is 30.4 Å². The highest BCUT2D eigenvalue weighted by molar-refractivity contribution is 7.99. The van der Waals surface area contributed by atoms with Gasteiger partial charge in [0.1, 0.15) is 5.69 Å². The molecule has 0 aliphatic carbocycles. The van der Waals surface area contributed by atoms with Gasteiger partial charge in [-0.3, -0.25) is 9.59 Å². The van der Waals surface area contributed by atoms with E-state index in [0.717, 1.165) is 33.5 Å². The average molecular weight is 665 g/mol. The average Bonchev–Trinajstić information content (AvgIpc) is 3.56. The van der Waals surface area contributed by atoms with Gasteiger partial charge in [0.15, 0.2) is 18.2 Å². The molecule has 0 spiro atoms. The van der Waals surface area contributed by atoms with Crippen LogP contribution in [0.4, 0.5) is 5.69 Å². The van der Waals surface area contributed by atoms with E-state index in [4.69, 9.17) is 23.6 Å². The van der Waals surface area contributed by atoms with Gasteiger partial charge >= 0.3 is 5.97 Å². The van der Waals surface area contributed by atoms with Gasteiger partial charge in [0, 0.05) is 41.5 Å². The lowest BCUT2D eigenvalue weighted by atomic mass is 10.0. The van der Waals surface area contributed by atoms with E-state index in [9.17, 15) is 14.7 Å². The third-order valence-corrected chi connectivity index (χ3v) is 8.82. The Kier molecular flexibility index (Phi) is 10.7. The Balaban J connectivity index is 1.21. The molecule has 1 saturated heterocycles. The second kappa shape index (κ2) is 15.4. The number of amides is 1. The van der Waals surface area contributed by atoms with Crippen molar-refractivity contribution in [2.75, 3.05) is 11.1 Å². The third-order valence-electron chi connectivity index (χ3n) is 7.86. The fourth-order valence-electron chi connectivity index (χ4n) is 5.40. The maximum absolute atomic E-state index is 12.4. The molecule has 1 aromatic heterocycles. The molecule has 1 fully saturated rings. The molecule has 4 atom stereocenters. The van der Waals surface area contributed by atoms with Crippen LogP contribution < -0.4 is 5.32 Å². The molecule has 6 rings (SSSR count). The summed E-state index contributed by atoms with van der Waals surface area (Å²) in [5.41, 5.74) is 5.84. The van der Waals surface area contributed by atoms with Gasteiger partial charge < -0.3 is 29.1 Å². The second-order valence-corrected chi connectivity index (χ2v) is 12.4. The molecule has 5 aromatic rings. The van der Waals surface area contributed by atoms with Crippen LogP contribution >= 0.6 is 11.8 Å². The van der Waals surface area contributed by atoms with Gasteiger partial charge in [0.25, 0.3) is 11.1 Å². The number of hydrogen-bond donors (Lipinski definition) is 2. The molecule has 9 nitrogen and oxygen atoms in total. The summed E-state index contributed by atoms with van der Waals surface area (Å²) in [4.78, 5) is 28.6. The van der Waals surface area contributed by atoms with E-state index in [1.807, 2.05) is 97.1 Å². The number of oxazole rings is 1. The fourth-order valence-corrected chi connectivity index (χ4v) is 6.24. The molecule has 0 unspecified atom stereocenters. The van der Waals surface area contributed by atoms with Crippen LogP contribution in [0.2, 0.25) is 0 Å². The number of carbonyl (C=O) groups is 2. The van der Waals surface area contributed by atoms with Crippen molar-refractivity contribution in [3.05, 3.63) is 126 Å². The molecule has 1 aliphatic rings. The lowest BCUT2D eigenvalue weighted by Gasteiger charge is -2.36. The molecule has 4 aromatic carbocycles. The van der Waals surface area contributed by atoms with Gasteiger partial charge in [-0.2, -0.15) is 0 Å². The summed E-state index contributed by atoms with van der Waals surface area (Å²) in [6, 6.07) is 34.9. The molecule has 0 bridgehead atoms. The number of hydrogen-bond acceptors (Lipinski definition) is 9. The minimum Gasteiger partial charge on any atom is -0.453 e. The summed E-state index contributed by atoms with van der Waals surface area (Å²) >= 11 is 1.49. The van der Waals surface area contributed by atoms with Gasteiger partial charge in [-0.25, -0.2) is 4.98 Å². The smallest absolute Gasteiger partial charge is 0.303 e. The highest BCUT2D eigenvalue weighted by atomic mass is 32.2. The molecule has 2 N–H and O–H groups in total. The Hall–Kier alpha value is -4.74. The number of rotatable bonds is 11. The van der Waals surface area contributed by atoms with Crippen molar-refractivity contribution in [3.63, 3.8) is 0 Å². The zero-order valence-electron chi connectivity index (χ0n) is 26.6. The number of nitrogens with one attached hydrogen (secondary N) is 1. The highest BCUT2D eigenvalue weighted by Gasteiger charge is 2.33. The molecule has 246 valence electrons. The zero-order chi connectivity index (χ0) is 33.5. The van der Waals surface area contributed by atoms with Crippen molar-refractivity contribution in [2.24, 2.45) is 0 Å². The molecule has 2 heterocycles. The Morgan fingerprint density at radius 1 is 0.896 bits per heavy atom. The van der Waals surface area contributed by atoms with E-state index in [1.54, 1.807) is 12.1 Å². The maximum Gasteiger partial charge on any atom is 0.303 e. The van der Waals surface area contributed by atoms with Crippen LogP contribution in [0.15, 0.2) is 119 Å². The quantitative estimate of drug-likeness (QED) is 0.108. The van der Waals surface area contributed by atoms with Crippen LogP contribution in [0.5, 0.6) is 0 Å². The Labute approximate surface area is 283 Å². The number of ether oxygens (including phenoxy) is 3. The fraction of sp³-hybridized carbons (Fsp3) is 0.237. The number of aliphatic hydroxyl groups excluding tert-OH is 1. The van der Waals surface area contributed by atoms with E-state index in [1.165, 1.54) is 25.6 Å². The summed E-state index contributed by atoms with van der Waals surface area (Å²) in [5, 5.41) is 12.9. The Morgan fingerprint density at radius 3 is 2.19 bits per heavy atom. The van der Waals surface area contributed by atoms with E-state index in [0.29, 0.717) is 28.8 Å². The predicted molar refractivity (Wildman–Crippen MR) is 183 cm³/mol. The third kappa shape index (κ3) is 8.21. The Morgan fingerprint density at radius 2 is 1.54 bits per heavy atom. The van der Waals surface area contributed by atoms with Crippen molar-refractivity contribution in [2.45, 2.75) is 56.7 Å². The van der Waals surface area contributed by atoms with Crippen molar-refractivity contribution in [1.29, 1.82) is 0 Å². The minimum atomic E-state index is -0.917. The molecule has 10 heteroatoms. The van der Waals surface area contributed by atoms with E-state index in [2.05, 4.69) is 5.32 Å². The van der Waals surface area contributed by atoms with Crippen LogP contribution in [-0.4, -0.2) is 39.9 Å². The number of carbonyl (C=O) groups excluding carboxylic acids is 2. The van der Waals surface area contributed by atoms with E-state index < -0.39 is 24.3 Å². The van der Waals surface area contributed by atoms with Crippen LogP contribution in [0, 0.1) is 0 Å². The Bertz CT molecular complexity index is 1760. The lowest BCUT2D eigenvalue weighted by Crippen LogP contribution is -2.31. The van der Waals surface area contributed by atoms with Crippen LogP contribution in [0.25, 0.3) is 22.6 Å². The summed E-state index contributed by atoms with van der Waals surface area (Å²) in [7, 11) is 0. The standard InChI is InChI=1S/C38H36N2O7S/c1-24(44-25(2)42)36(43)39-31-19-17-30(18-20-31)37-45-32(21-33(46-37)27-15-13-26(22-41)14-16-27)23-48-38-40-34(28-9-5-3-6-10-28)35(47-38)29-11-7-4-8-12-29/h3-20,24,32-33,37,41H,21-23H2,1-2H3,(H,39,43)/t24-,32+,33-,37-/m0/s1. The predicted octanol–water partition coefficient (Wildman–Crippen LogP) is 7.73. The number of nitrogens with zero attached hydrogens (tertiary/aromatic N) is 1. The second-order valence-electron chi connectivity index (χ2n) is 11.4. The van der Waals surface area contributed by atoms with Crippen LogP contribution in [0.3, 0.4) is 0 Å². The monoisotopic (exact) mass is 664 g/mol. The highest BCUT2D eigenvalue weighted by Crippen LogP contribution is 2.41. The SMILES string of the molecule is CC(=O)O[C@@H](C)C(=O)Nc1ccc([C@H]2O[C@@H](CSc3nc(-c4ccccc4)c(-c4ccccc4)o3)C[C@@H](c3ccc(CO)cc3)O2)cc1. The number of esters is 1. The first-order chi connectivity index (χ1) is 23.4. The van der Waals surface area contributed by atoms with Crippen molar-refractivity contribution >= 4 is 29.3 Å². The first-order valence-electron chi connectivity index (χ1n) is 15.7. The van der Waals surface area contributed by atoms with Crippen molar-refractivity contribution in [1.82, 2.24) is 4.98 Å². The first kappa shape index (κ1) is 33.2. The number of benzene rings is 4. The molecule has 1 aliphatic heterocycles. The van der Waals surface area contributed by atoms with E-state index >= 15 is 0 Å². The van der Waals surface area contributed by atoms with Crippen molar-refractivity contribution < 1.29 is 33.3 Å². The summed E-state index contributed by atoms with van der Waals surface area (Å²) in [6.45, 7) is 2.74. The number of thioether (sulfide) groups is 1. The summed E-state index contributed by atoms with van der Waals surface area (Å²) < 4.78 is 24.3. The van der Waals surface area contributed by atoms with Gasteiger partial charge in [0.05, 0.1) is 18.8 Å². The van der Waals surface area contributed by atoms with Gasteiger partial charge in [-0.15, -0.1) is 0 Å². The summed E-state index contributed by atoms with van der Waals surface area (Å²) in [5.74, 6) is 0.329. The molecule has 1 amide bonds. The first-order valence-corrected chi connectivity index (χ1v) is 16.7. The number of aliphatic hydroxyl groups is 1. The van der Waals surface area contributed by atoms with Crippen molar-refractivity contribution in [3.8, 4) is 22.6 Å². The molecular formula is C38H36N2O7S. The normalized spacial score (nSPS) is 18.2. The van der Waals surface area contributed by atoms with Gasteiger partial charge in [-0.1, -0.05) is 109 Å². The maximum atomic E-state index is 12.4. The zero-order valence-corrected chi connectivity index (χ0v) is 27.4. The topological polar surface area (TPSA) is 120 Å². The summed E-state index contributed by atoms with van der Waals surface area (Å²) in [6.07, 6.45) is -1.48. The molecule has 0 radical (unpaired) electrons. The molecular weight excluding hydrogens is 628 g/mol. The molecule has 48 heavy (non-hydrogen) atoms. The van der Waals surface area contributed by atoms with Gasteiger partial charge in [0.2, 0.25) is 0 Å².